The summed E-state index contributed by atoms with van der Waals surface area (Å²) in [6, 6.07) is 15.2. The van der Waals surface area contributed by atoms with E-state index in [1.54, 1.807) is 12.1 Å². The van der Waals surface area contributed by atoms with Gasteiger partial charge in [0.1, 0.15) is 0 Å². The summed E-state index contributed by atoms with van der Waals surface area (Å²) in [5.74, 6) is -1.12. The van der Waals surface area contributed by atoms with E-state index in [0.717, 1.165) is 48.4 Å². The molecule has 2 fully saturated rings. The van der Waals surface area contributed by atoms with Crippen LogP contribution in [0.3, 0.4) is 0 Å². The maximum absolute atomic E-state index is 13.8. The number of hydrogen-bond acceptors (Lipinski definition) is 4. The van der Waals surface area contributed by atoms with Crippen molar-refractivity contribution < 1.29 is 24.6 Å². The largest absolute Gasteiger partial charge is 0.479 e. The van der Waals surface area contributed by atoms with Gasteiger partial charge in [-0.05, 0) is 68.4 Å². The number of benzene rings is 2. The molecule has 1 aliphatic carbocycles. The number of aliphatic carboxylic acids is 1. The van der Waals surface area contributed by atoms with Gasteiger partial charge in [0, 0.05) is 17.8 Å². The number of nitrogens with one attached hydrogen (secondary N) is 1. The number of unbranched alkanes of at least 4 members (excludes halogenated alkanes) is 1. The minimum absolute atomic E-state index is 0.0188. The zero-order chi connectivity index (χ0) is 27.3. The molecule has 0 radical (unpaired) electrons. The fourth-order valence-corrected chi connectivity index (χ4v) is 5.70. The van der Waals surface area contributed by atoms with E-state index in [9.17, 15) is 19.5 Å². The molecule has 1 heterocycles. The number of carbonyl (C=O) groups is 3. The molecule has 0 bridgehead atoms. The lowest BCUT2D eigenvalue weighted by molar-refractivity contribution is -0.146. The fourth-order valence-electron chi connectivity index (χ4n) is 5.70. The highest BCUT2D eigenvalue weighted by Gasteiger charge is 2.51. The van der Waals surface area contributed by atoms with Crippen LogP contribution >= 0.6 is 0 Å². The van der Waals surface area contributed by atoms with Crippen LogP contribution in [-0.4, -0.2) is 57.8 Å². The number of aryl methyl sites for hydroxylation is 1. The smallest absolute Gasteiger partial charge is 0.334 e. The molecule has 8 heteroatoms. The van der Waals surface area contributed by atoms with E-state index in [2.05, 4.69) is 12.2 Å². The van der Waals surface area contributed by atoms with Gasteiger partial charge in [-0.15, -0.1) is 0 Å². The average molecular weight is 522 g/mol. The summed E-state index contributed by atoms with van der Waals surface area (Å²) in [6.07, 6.45) is 6.31. The summed E-state index contributed by atoms with van der Waals surface area (Å²) in [6.45, 7) is 5.05. The first-order chi connectivity index (χ1) is 18.2. The fraction of sp³-hybridized carbons (Fsp3) is 0.500. The number of aliphatic hydroxyl groups excluding tert-OH is 1. The van der Waals surface area contributed by atoms with Crippen LogP contribution in [0.1, 0.15) is 73.4 Å². The molecule has 1 saturated heterocycles. The second kappa shape index (κ2) is 12.0. The Hall–Kier alpha value is -3.39. The number of rotatable bonds is 10. The lowest BCUT2D eigenvalue weighted by Crippen LogP contribution is -2.49. The third-order valence-electron chi connectivity index (χ3n) is 8.13. The number of carbonyl (C=O) groups excluding carboxylic acids is 2. The number of anilines is 1. The molecular formula is C30H39N3O5. The first kappa shape index (κ1) is 27.6. The highest BCUT2D eigenvalue weighted by Crippen LogP contribution is 2.44. The molecular weight excluding hydrogens is 482 g/mol. The van der Waals surface area contributed by atoms with Gasteiger partial charge in [-0.3, -0.25) is 9.69 Å². The van der Waals surface area contributed by atoms with E-state index in [1.165, 1.54) is 19.3 Å². The van der Waals surface area contributed by atoms with Crippen molar-refractivity contribution in [3.8, 4) is 0 Å². The highest BCUT2D eigenvalue weighted by molar-refractivity contribution is 5.96. The van der Waals surface area contributed by atoms with Crippen molar-refractivity contribution in [2.24, 2.45) is 5.92 Å². The summed E-state index contributed by atoms with van der Waals surface area (Å²) in [5, 5.41) is 20.6. The van der Waals surface area contributed by atoms with Crippen LogP contribution in [0.15, 0.2) is 48.5 Å². The maximum Gasteiger partial charge on any atom is 0.334 e. The summed E-state index contributed by atoms with van der Waals surface area (Å²) in [4.78, 5) is 40.9. The topological polar surface area (TPSA) is 110 Å². The average Bonchev–Trinajstić information content (AvgIpc) is 3.18. The second-order valence-electron chi connectivity index (χ2n) is 10.9. The van der Waals surface area contributed by atoms with Gasteiger partial charge in [0.25, 0.3) is 5.91 Å². The SMILES string of the molecule is CCCCC1CCC2(CC1)CN(c1ccc(C)cc1)C(=O)N2Cc1ccc(C(=O)NCC(O)C(=O)O)cc1. The predicted molar refractivity (Wildman–Crippen MR) is 146 cm³/mol. The van der Waals surface area contributed by atoms with Crippen LogP contribution in [0, 0.1) is 12.8 Å². The molecule has 1 saturated carbocycles. The molecule has 4 rings (SSSR count). The van der Waals surface area contributed by atoms with Crippen LogP contribution in [0.5, 0.6) is 0 Å². The van der Waals surface area contributed by atoms with Crippen molar-refractivity contribution in [1.29, 1.82) is 0 Å². The first-order valence-electron chi connectivity index (χ1n) is 13.7. The van der Waals surface area contributed by atoms with Crippen LogP contribution in [0.2, 0.25) is 0 Å². The molecule has 0 aromatic heterocycles. The maximum atomic E-state index is 13.8. The number of amides is 3. The molecule has 2 aromatic carbocycles. The Morgan fingerprint density at radius 2 is 1.74 bits per heavy atom. The Balaban J connectivity index is 1.50. The van der Waals surface area contributed by atoms with Gasteiger partial charge in [0.15, 0.2) is 6.10 Å². The van der Waals surface area contributed by atoms with E-state index < -0.39 is 18.0 Å². The molecule has 3 amide bonds. The van der Waals surface area contributed by atoms with Crippen LogP contribution in [0.4, 0.5) is 10.5 Å². The molecule has 204 valence electrons. The standard InChI is InChI=1S/C30H39N3O5/c1-3-4-5-22-14-16-30(17-15-22)20-32(25-12-6-21(2)7-13-25)29(38)33(30)19-23-8-10-24(11-9-23)27(35)31-18-26(34)28(36)37/h6-13,22,26,34H,3-5,14-20H2,1-2H3,(H,31,35)(H,36,37). The Kier molecular flexibility index (Phi) is 8.72. The van der Waals surface area contributed by atoms with E-state index in [0.29, 0.717) is 18.7 Å². The van der Waals surface area contributed by atoms with Crippen molar-refractivity contribution in [3.63, 3.8) is 0 Å². The molecule has 2 aliphatic rings. The second-order valence-corrected chi connectivity index (χ2v) is 10.9. The summed E-state index contributed by atoms with van der Waals surface area (Å²) in [5.41, 5.74) is 3.16. The number of aliphatic hydroxyl groups is 1. The normalized spacial score (nSPS) is 22.1. The molecule has 1 spiro atoms. The number of hydrogen-bond donors (Lipinski definition) is 3. The zero-order valence-corrected chi connectivity index (χ0v) is 22.4. The van der Waals surface area contributed by atoms with Gasteiger partial charge >= 0.3 is 12.0 Å². The van der Waals surface area contributed by atoms with Crippen molar-refractivity contribution in [3.05, 3.63) is 65.2 Å². The van der Waals surface area contributed by atoms with Crippen molar-refractivity contribution in [2.45, 2.75) is 77.0 Å². The van der Waals surface area contributed by atoms with Gasteiger partial charge < -0.3 is 20.4 Å². The van der Waals surface area contributed by atoms with Crippen LogP contribution in [0.25, 0.3) is 0 Å². The molecule has 1 atom stereocenters. The van der Waals surface area contributed by atoms with Crippen LogP contribution in [-0.2, 0) is 11.3 Å². The van der Waals surface area contributed by atoms with Crippen LogP contribution < -0.4 is 10.2 Å². The molecule has 1 unspecified atom stereocenters. The van der Waals surface area contributed by atoms with E-state index >= 15 is 0 Å². The molecule has 1 aliphatic heterocycles. The summed E-state index contributed by atoms with van der Waals surface area (Å²) < 4.78 is 0. The third-order valence-corrected chi connectivity index (χ3v) is 8.13. The summed E-state index contributed by atoms with van der Waals surface area (Å²) in [7, 11) is 0. The monoisotopic (exact) mass is 521 g/mol. The quantitative estimate of drug-likeness (QED) is 0.419. The van der Waals surface area contributed by atoms with Gasteiger partial charge in [-0.25, -0.2) is 9.59 Å². The molecule has 38 heavy (non-hydrogen) atoms. The van der Waals surface area contributed by atoms with Crippen molar-refractivity contribution in [1.82, 2.24) is 10.2 Å². The first-order valence-corrected chi connectivity index (χ1v) is 13.7. The predicted octanol–water partition coefficient (Wildman–Crippen LogP) is 4.73. The van der Waals surface area contributed by atoms with Crippen molar-refractivity contribution >= 4 is 23.6 Å². The zero-order valence-electron chi connectivity index (χ0n) is 22.4. The number of carboxylic acids is 1. The lowest BCUT2D eigenvalue weighted by Gasteiger charge is -2.42. The lowest BCUT2D eigenvalue weighted by atomic mass is 9.74. The van der Waals surface area contributed by atoms with Gasteiger partial charge in [-0.2, -0.15) is 0 Å². The van der Waals surface area contributed by atoms with Crippen molar-refractivity contribution in [2.75, 3.05) is 18.0 Å². The Morgan fingerprint density at radius 3 is 2.34 bits per heavy atom. The minimum Gasteiger partial charge on any atom is -0.479 e. The summed E-state index contributed by atoms with van der Waals surface area (Å²) >= 11 is 0. The number of urea groups is 1. The van der Waals surface area contributed by atoms with E-state index in [4.69, 9.17) is 5.11 Å². The molecule has 3 N–H and O–H groups in total. The van der Waals surface area contributed by atoms with E-state index in [-0.39, 0.29) is 18.1 Å². The highest BCUT2D eigenvalue weighted by atomic mass is 16.4. The Morgan fingerprint density at radius 1 is 1.08 bits per heavy atom. The molecule has 8 nitrogen and oxygen atoms in total. The molecule has 2 aromatic rings. The van der Waals surface area contributed by atoms with E-state index in [1.807, 2.05) is 53.1 Å². The number of carboxylic acid groups (broad SMARTS) is 1. The Labute approximate surface area is 224 Å². The minimum atomic E-state index is -1.65. The van der Waals surface area contributed by atoms with Gasteiger partial charge in [0.2, 0.25) is 0 Å². The Bertz CT molecular complexity index is 1120. The number of nitrogens with zero attached hydrogens (tertiary/aromatic N) is 2. The van der Waals surface area contributed by atoms with Gasteiger partial charge in [0.05, 0.1) is 18.6 Å². The third kappa shape index (κ3) is 6.18. The van der Waals surface area contributed by atoms with Gasteiger partial charge in [-0.1, -0.05) is 56.0 Å².